The number of nitrogens with one attached hydrogen (secondary N) is 1. The Morgan fingerprint density at radius 3 is 2.95 bits per heavy atom. The number of hydrogen-bond acceptors (Lipinski definition) is 3. The highest BCUT2D eigenvalue weighted by atomic mass is 15.3. The smallest absolute Gasteiger partial charge is 0.194 e. The average molecular weight is 284 g/mol. The average Bonchev–Trinajstić information content (AvgIpc) is 3.17. The van der Waals surface area contributed by atoms with Gasteiger partial charge in [0.1, 0.15) is 5.82 Å². The lowest BCUT2D eigenvalue weighted by Gasteiger charge is -2.08. The third-order valence-corrected chi connectivity index (χ3v) is 3.69. The van der Waals surface area contributed by atoms with Crippen LogP contribution >= 0.6 is 0 Å². The van der Waals surface area contributed by atoms with E-state index in [1.807, 2.05) is 30.5 Å². The molecule has 2 heterocycles. The van der Waals surface area contributed by atoms with Crippen molar-refractivity contribution in [3.8, 4) is 0 Å². The van der Waals surface area contributed by atoms with E-state index < -0.39 is 0 Å². The first-order valence-electron chi connectivity index (χ1n) is 7.33. The van der Waals surface area contributed by atoms with E-state index in [1.165, 1.54) is 25.7 Å². The Hall–Kier alpha value is -2.37. The Kier molecular flexibility index (Phi) is 4.14. The van der Waals surface area contributed by atoms with Crippen molar-refractivity contribution in [1.82, 2.24) is 14.8 Å². The zero-order valence-electron chi connectivity index (χ0n) is 11.9. The summed E-state index contributed by atoms with van der Waals surface area (Å²) in [4.78, 5) is 8.44. The highest BCUT2D eigenvalue weighted by molar-refractivity contribution is 5.91. The van der Waals surface area contributed by atoms with Crippen molar-refractivity contribution in [2.24, 2.45) is 10.7 Å². The Bertz CT molecular complexity index is 598. The van der Waals surface area contributed by atoms with Gasteiger partial charge < -0.3 is 11.1 Å². The minimum atomic E-state index is 0.351. The second kappa shape index (κ2) is 6.39. The van der Waals surface area contributed by atoms with Gasteiger partial charge in [-0.15, -0.1) is 0 Å². The highest BCUT2D eigenvalue weighted by Crippen LogP contribution is 2.28. The number of hydrogen-bond donors (Lipinski definition) is 2. The molecule has 1 aliphatic rings. The minimum Gasteiger partial charge on any atom is -0.370 e. The molecule has 0 spiro atoms. The predicted octanol–water partition coefficient (Wildman–Crippen LogP) is 2.32. The number of rotatable bonds is 4. The largest absolute Gasteiger partial charge is 0.370 e. The molecule has 110 valence electrons. The number of pyridine rings is 1. The normalized spacial score (nSPS) is 16.3. The van der Waals surface area contributed by atoms with E-state index in [2.05, 4.69) is 25.1 Å². The molecule has 0 radical (unpaired) electrons. The van der Waals surface area contributed by atoms with E-state index in [1.54, 1.807) is 6.20 Å². The highest BCUT2D eigenvalue weighted by Gasteiger charge is 2.17. The third kappa shape index (κ3) is 3.59. The molecule has 0 aromatic carbocycles. The molecule has 0 amide bonds. The van der Waals surface area contributed by atoms with E-state index >= 15 is 0 Å². The monoisotopic (exact) mass is 284 g/mol. The molecule has 6 heteroatoms. The van der Waals surface area contributed by atoms with E-state index in [0.29, 0.717) is 24.4 Å². The van der Waals surface area contributed by atoms with Gasteiger partial charge in [-0.05, 0) is 31.0 Å². The fourth-order valence-electron chi connectivity index (χ4n) is 2.61. The van der Waals surface area contributed by atoms with Gasteiger partial charge >= 0.3 is 0 Å². The summed E-state index contributed by atoms with van der Waals surface area (Å²) in [6.45, 7) is 0.478. The topological polar surface area (TPSA) is 81.1 Å². The Labute approximate surface area is 124 Å². The van der Waals surface area contributed by atoms with E-state index in [0.717, 1.165) is 5.69 Å². The van der Waals surface area contributed by atoms with Gasteiger partial charge in [-0.1, -0.05) is 18.9 Å². The van der Waals surface area contributed by atoms with Crippen LogP contribution in [0.2, 0.25) is 0 Å². The first kappa shape index (κ1) is 13.6. The predicted molar refractivity (Wildman–Crippen MR) is 82.9 cm³/mol. The van der Waals surface area contributed by atoms with Crippen molar-refractivity contribution < 1.29 is 0 Å². The number of anilines is 1. The summed E-state index contributed by atoms with van der Waals surface area (Å²) in [6.07, 6.45) is 8.82. The van der Waals surface area contributed by atoms with Crippen molar-refractivity contribution in [3.63, 3.8) is 0 Å². The van der Waals surface area contributed by atoms with Crippen LogP contribution in [0.4, 0.5) is 5.82 Å². The molecule has 1 aliphatic carbocycles. The second-order valence-corrected chi connectivity index (χ2v) is 5.27. The molecule has 0 aliphatic heterocycles. The molecule has 3 N–H and O–H groups in total. The van der Waals surface area contributed by atoms with Crippen LogP contribution in [0, 0.1) is 0 Å². The van der Waals surface area contributed by atoms with Crippen LogP contribution in [0.25, 0.3) is 0 Å². The Morgan fingerprint density at radius 2 is 2.19 bits per heavy atom. The van der Waals surface area contributed by atoms with Gasteiger partial charge in [0.2, 0.25) is 0 Å². The Morgan fingerprint density at radius 1 is 1.33 bits per heavy atom. The van der Waals surface area contributed by atoms with Crippen molar-refractivity contribution in [3.05, 3.63) is 42.4 Å². The molecule has 0 bridgehead atoms. The quantitative estimate of drug-likeness (QED) is 0.667. The van der Waals surface area contributed by atoms with Crippen LogP contribution in [-0.2, 0) is 6.54 Å². The van der Waals surface area contributed by atoms with E-state index in [4.69, 9.17) is 5.73 Å². The molecule has 2 aromatic heterocycles. The van der Waals surface area contributed by atoms with Crippen LogP contribution in [0.15, 0.2) is 41.7 Å². The molecule has 3 rings (SSSR count). The number of guanidine groups is 1. The van der Waals surface area contributed by atoms with Crippen molar-refractivity contribution in [1.29, 1.82) is 0 Å². The van der Waals surface area contributed by atoms with Crippen LogP contribution in [0.5, 0.6) is 0 Å². The first-order chi connectivity index (χ1) is 10.3. The molecular weight excluding hydrogens is 264 g/mol. The Balaban J connectivity index is 1.57. The lowest BCUT2D eigenvalue weighted by atomic mass is 10.3. The maximum Gasteiger partial charge on any atom is 0.194 e. The summed E-state index contributed by atoms with van der Waals surface area (Å²) in [5.41, 5.74) is 6.78. The molecule has 0 unspecified atom stereocenters. The summed E-state index contributed by atoms with van der Waals surface area (Å²) in [5.74, 6) is 1.04. The molecule has 0 atom stereocenters. The van der Waals surface area contributed by atoms with Crippen LogP contribution in [0.3, 0.4) is 0 Å². The lowest BCUT2D eigenvalue weighted by molar-refractivity contribution is 0.463. The van der Waals surface area contributed by atoms with Gasteiger partial charge in [0.25, 0.3) is 0 Å². The molecule has 21 heavy (non-hydrogen) atoms. The third-order valence-electron chi connectivity index (χ3n) is 3.69. The summed E-state index contributed by atoms with van der Waals surface area (Å²) in [5, 5.41) is 7.54. The summed E-state index contributed by atoms with van der Waals surface area (Å²) in [7, 11) is 0. The second-order valence-electron chi connectivity index (χ2n) is 5.27. The number of aliphatic imine (C=N–C) groups is 1. The minimum absolute atomic E-state index is 0.351. The fourth-order valence-corrected chi connectivity index (χ4v) is 2.61. The fraction of sp³-hybridized carbons (Fsp3) is 0.400. The molecule has 2 aromatic rings. The SMILES string of the molecule is NC(=NCc1ccn(C2CCCC2)n1)Nc1ccccn1. The van der Waals surface area contributed by atoms with Crippen LogP contribution < -0.4 is 11.1 Å². The molecule has 6 nitrogen and oxygen atoms in total. The summed E-state index contributed by atoms with van der Waals surface area (Å²) >= 11 is 0. The van der Waals surface area contributed by atoms with Gasteiger partial charge in [0.05, 0.1) is 18.3 Å². The van der Waals surface area contributed by atoms with Crippen LogP contribution in [-0.4, -0.2) is 20.7 Å². The van der Waals surface area contributed by atoms with Gasteiger partial charge in [0.15, 0.2) is 5.96 Å². The van der Waals surface area contributed by atoms with Gasteiger partial charge in [0, 0.05) is 12.4 Å². The lowest BCUT2D eigenvalue weighted by Crippen LogP contribution is -2.23. The van der Waals surface area contributed by atoms with E-state index in [9.17, 15) is 0 Å². The van der Waals surface area contributed by atoms with Gasteiger partial charge in [-0.2, -0.15) is 5.10 Å². The zero-order chi connectivity index (χ0) is 14.5. The number of nitrogens with zero attached hydrogens (tertiary/aromatic N) is 4. The van der Waals surface area contributed by atoms with Gasteiger partial charge in [-0.25, -0.2) is 9.98 Å². The summed E-state index contributed by atoms with van der Waals surface area (Å²) < 4.78 is 2.07. The molecule has 1 fully saturated rings. The van der Waals surface area contributed by atoms with Gasteiger partial charge in [-0.3, -0.25) is 4.68 Å². The van der Waals surface area contributed by atoms with Crippen LogP contribution in [0.1, 0.15) is 37.4 Å². The first-order valence-corrected chi connectivity index (χ1v) is 7.33. The number of aromatic nitrogens is 3. The van der Waals surface area contributed by atoms with Crippen molar-refractivity contribution in [2.45, 2.75) is 38.3 Å². The van der Waals surface area contributed by atoms with Crippen molar-refractivity contribution in [2.75, 3.05) is 5.32 Å². The molecule has 0 saturated heterocycles. The molecular formula is C15H20N6. The zero-order valence-corrected chi connectivity index (χ0v) is 11.9. The number of nitrogens with two attached hydrogens (primary N) is 1. The standard InChI is InChI=1S/C15H20N6/c16-15(19-14-7-3-4-9-17-14)18-11-12-8-10-21(20-12)13-5-1-2-6-13/h3-4,7-10,13H,1-2,5-6,11H2,(H3,16,17,18,19). The summed E-state index contributed by atoms with van der Waals surface area (Å²) in [6, 6.07) is 8.17. The maximum absolute atomic E-state index is 5.85. The van der Waals surface area contributed by atoms with E-state index in [-0.39, 0.29) is 0 Å². The maximum atomic E-state index is 5.85. The molecule has 1 saturated carbocycles. The van der Waals surface area contributed by atoms with Crippen molar-refractivity contribution >= 4 is 11.8 Å².